The quantitative estimate of drug-likeness (QED) is 0.242. The van der Waals surface area contributed by atoms with Crippen molar-refractivity contribution in [3.8, 4) is 0 Å². The molecule has 4 aliphatic rings. The molecular formula is C50H88. The van der Waals surface area contributed by atoms with E-state index in [4.69, 9.17) is 0 Å². The van der Waals surface area contributed by atoms with Gasteiger partial charge in [0, 0.05) is 5.71 Å². The molecule has 2 aromatic rings. The number of benzene rings is 2. The van der Waals surface area contributed by atoms with Crippen LogP contribution in [0.1, 0.15) is 223 Å². The Labute approximate surface area is 318 Å². The van der Waals surface area contributed by atoms with Crippen LogP contribution < -0.4 is 0 Å². The molecule has 0 aliphatic heterocycles. The summed E-state index contributed by atoms with van der Waals surface area (Å²) in [4.78, 5) is 0. The number of rotatable bonds is 8. The molecule has 0 heterocycles. The Bertz CT molecular complexity index is 1170. The molecule has 6 rings (SSSR count). The van der Waals surface area contributed by atoms with Gasteiger partial charge in [-0.25, -0.2) is 0 Å². The second kappa shape index (κ2) is 24.2. The Morgan fingerprint density at radius 2 is 0.780 bits per heavy atom. The molecule has 0 saturated heterocycles. The van der Waals surface area contributed by atoms with Gasteiger partial charge in [-0.3, -0.25) is 0 Å². The lowest BCUT2D eigenvalue weighted by molar-refractivity contribution is 0.311. The summed E-state index contributed by atoms with van der Waals surface area (Å²) < 4.78 is 0. The van der Waals surface area contributed by atoms with Crippen molar-refractivity contribution in [1.82, 2.24) is 0 Å². The maximum absolute atomic E-state index is 2.46. The summed E-state index contributed by atoms with van der Waals surface area (Å²) in [7, 11) is 0. The second-order valence-electron chi connectivity index (χ2n) is 16.2. The van der Waals surface area contributed by atoms with E-state index < -0.39 is 0 Å². The molecule has 50 heavy (non-hydrogen) atoms. The van der Waals surface area contributed by atoms with Crippen LogP contribution in [0.4, 0.5) is 0 Å². The van der Waals surface area contributed by atoms with Crippen LogP contribution in [-0.4, -0.2) is 0 Å². The molecule has 0 atom stereocenters. The van der Waals surface area contributed by atoms with Gasteiger partial charge in [-0.15, -0.1) is 0 Å². The minimum absolute atomic E-state index is 0. The predicted octanol–water partition coefficient (Wildman–Crippen LogP) is 17.5. The third kappa shape index (κ3) is 13.8. The van der Waals surface area contributed by atoms with E-state index in [9.17, 15) is 0 Å². The van der Waals surface area contributed by atoms with Crippen molar-refractivity contribution in [2.75, 3.05) is 0 Å². The number of hydrogen-bond donors (Lipinski definition) is 0. The summed E-state index contributed by atoms with van der Waals surface area (Å²) in [6, 6.07) is 19.6. The Morgan fingerprint density at radius 1 is 0.460 bits per heavy atom. The highest BCUT2D eigenvalue weighted by atomic mass is 14.3. The van der Waals surface area contributed by atoms with Crippen LogP contribution >= 0.6 is 0 Å². The smallest absolute Gasteiger partial charge is 0 e. The molecule has 0 bridgehead atoms. The molecule has 0 nitrogen and oxygen atoms in total. The third-order valence-electron chi connectivity index (χ3n) is 12.9. The first-order valence-electron chi connectivity index (χ1n) is 22.0. The number of hydrogen-bond acceptors (Lipinski definition) is 0. The molecule has 2 aromatic carbocycles. The van der Waals surface area contributed by atoms with Crippen LogP contribution in [-0.2, 0) is 0 Å². The van der Waals surface area contributed by atoms with Gasteiger partial charge < -0.3 is 0 Å². The van der Waals surface area contributed by atoms with E-state index in [1.165, 1.54) is 116 Å². The summed E-state index contributed by atoms with van der Waals surface area (Å²) in [6.07, 6.45) is 34.3. The normalized spacial score (nSPS) is 29.9. The molecule has 0 radical (unpaired) electrons. The fourth-order valence-corrected chi connectivity index (χ4v) is 9.47. The average molecular weight is 689 g/mol. The van der Waals surface area contributed by atoms with Gasteiger partial charge in [0.05, 0.1) is 0 Å². The number of allylic oxidation sites excluding steroid dienone is 4. The molecule has 0 heteroatoms. The molecule has 0 aromatic heterocycles. The van der Waals surface area contributed by atoms with E-state index in [0.29, 0.717) is 0 Å². The fourth-order valence-electron chi connectivity index (χ4n) is 9.47. The SMILES string of the molecule is C/C=C/C1CCC(c2ccc(C3CCC(C)CC3)cc2)CC1.C/C=C/CCC1CCC(c2ccc(C3CCC(C)CC3)cc2)CC1.CC.CC.[HH].[HH].[HH].[HH]. The Balaban J connectivity index is 0. The van der Waals surface area contributed by atoms with Crippen molar-refractivity contribution < 1.29 is 5.71 Å². The van der Waals surface area contributed by atoms with Crippen LogP contribution in [0.5, 0.6) is 0 Å². The summed E-state index contributed by atoms with van der Waals surface area (Å²) >= 11 is 0. The second-order valence-corrected chi connectivity index (χ2v) is 16.2. The van der Waals surface area contributed by atoms with Crippen molar-refractivity contribution >= 4 is 0 Å². The zero-order chi connectivity index (χ0) is 36.1. The van der Waals surface area contributed by atoms with Gasteiger partial charge in [-0.2, -0.15) is 0 Å². The molecule has 0 spiro atoms. The lowest BCUT2D eigenvalue weighted by atomic mass is 9.76. The highest BCUT2D eigenvalue weighted by Crippen LogP contribution is 2.41. The standard InChI is InChI=1S/C24H36.C22H32.2C2H6.4H2/c1-3-4-5-6-20-9-13-22(14-10-20)24-17-15-23(16-18-24)21-11-7-19(2)8-12-21;1-3-4-18-7-11-20(12-8-18)22-15-13-21(14-16-22)19-9-5-17(2)6-10-19;2*1-2;;;;/h3-4,15-22H,5-14H2,1-2H3;3-4,13-20H,5-12H2,1-2H3;2*1-2H3;4*1H/b2*4-3+;;;;;;. The van der Waals surface area contributed by atoms with Crippen molar-refractivity contribution in [3.63, 3.8) is 0 Å². The first kappa shape index (κ1) is 42.3. The zero-order valence-corrected chi connectivity index (χ0v) is 34.3. The Morgan fingerprint density at radius 3 is 1.10 bits per heavy atom. The summed E-state index contributed by atoms with van der Waals surface area (Å²) in [5.41, 5.74) is 6.39. The van der Waals surface area contributed by atoms with E-state index >= 15 is 0 Å². The van der Waals surface area contributed by atoms with Gasteiger partial charge in [-0.1, -0.05) is 140 Å². The van der Waals surface area contributed by atoms with Crippen molar-refractivity contribution in [3.05, 3.63) is 95.1 Å². The van der Waals surface area contributed by atoms with Crippen LogP contribution in [0.2, 0.25) is 0 Å². The molecule has 4 saturated carbocycles. The van der Waals surface area contributed by atoms with Crippen molar-refractivity contribution in [1.29, 1.82) is 0 Å². The van der Waals surface area contributed by atoms with Gasteiger partial charge in [-0.05, 0) is 173 Å². The Hall–Kier alpha value is -2.08. The highest BCUT2D eigenvalue weighted by molar-refractivity contribution is 5.29. The minimum Gasteiger partial charge on any atom is -0.0917 e. The van der Waals surface area contributed by atoms with E-state index in [2.05, 4.69) is 101 Å². The third-order valence-corrected chi connectivity index (χ3v) is 12.9. The van der Waals surface area contributed by atoms with Crippen molar-refractivity contribution in [2.24, 2.45) is 23.7 Å². The first-order valence-corrected chi connectivity index (χ1v) is 22.0. The maximum Gasteiger partial charge on any atom is 0 e. The molecule has 4 fully saturated rings. The fraction of sp³-hybridized carbons (Fsp3) is 0.680. The van der Waals surface area contributed by atoms with Gasteiger partial charge in [0.1, 0.15) is 0 Å². The average Bonchev–Trinajstić information content (AvgIpc) is 3.18. The summed E-state index contributed by atoms with van der Waals surface area (Å²) in [5.74, 6) is 7.00. The minimum atomic E-state index is 0. The van der Waals surface area contributed by atoms with E-state index in [1.807, 2.05) is 27.7 Å². The Kier molecular flexibility index (Phi) is 20.5. The molecule has 0 unspecified atom stereocenters. The van der Waals surface area contributed by atoms with E-state index in [0.717, 1.165) is 47.3 Å². The maximum atomic E-state index is 2.46. The zero-order valence-electron chi connectivity index (χ0n) is 34.3. The van der Waals surface area contributed by atoms with Crippen LogP contribution in [0.25, 0.3) is 0 Å². The van der Waals surface area contributed by atoms with Crippen LogP contribution in [0.3, 0.4) is 0 Å². The van der Waals surface area contributed by atoms with E-state index in [1.54, 1.807) is 22.3 Å². The van der Waals surface area contributed by atoms with Crippen molar-refractivity contribution in [2.45, 2.75) is 195 Å². The van der Waals surface area contributed by atoms with E-state index in [-0.39, 0.29) is 5.71 Å². The molecule has 4 aliphatic carbocycles. The summed E-state index contributed by atoms with van der Waals surface area (Å²) in [5, 5.41) is 0. The van der Waals surface area contributed by atoms with Crippen LogP contribution in [0, 0.1) is 23.7 Å². The topological polar surface area (TPSA) is 0 Å². The van der Waals surface area contributed by atoms with Gasteiger partial charge >= 0.3 is 0 Å². The molecule has 0 amide bonds. The monoisotopic (exact) mass is 689 g/mol. The molecule has 288 valence electrons. The lowest BCUT2D eigenvalue weighted by Crippen LogP contribution is -2.14. The predicted molar refractivity (Wildman–Crippen MR) is 233 cm³/mol. The van der Waals surface area contributed by atoms with Gasteiger partial charge in [0.2, 0.25) is 0 Å². The first-order chi connectivity index (χ1) is 24.5. The van der Waals surface area contributed by atoms with Gasteiger partial charge in [0.15, 0.2) is 0 Å². The lowest BCUT2D eigenvalue weighted by Gasteiger charge is -2.29. The molecular weight excluding hydrogens is 601 g/mol. The summed E-state index contributed by atoms with van der Waals surface area (Å²) in [6.45, 7) is 17.1. The largest absolute Gasteiger partial charge is 0.0917 e. The van der Waals surface area contributed by atoms with Crippen LogP contribution in [0.15, 0.2) is 72.8 Å². The van der Waals surface area contributed by atoms with Gasteiger partial charge in [0.25, 0.3) is 0 Å². The highest BCUT2D eigenvalue weighted by Gasteiger charge is 2.25. The molecule has 0 N–H and O–H groups in total.